The molecule has 20 heavy (non-hydrogen) atoms. The Kier molecular flexibility index (Phi) is 4.02. The maximum absolute atomic E-state index is 14.3. The van der Waals surface area contributed by atoms with Crippen LogP contribution in [0, 0.1) is 28.5 Å². The molecule has 0 aliphatic heterocycles. The van der Waals surface area contributed by atoms with E-state index in [4.69, 9.17) is 10.5 Å². The monoisotopic (exact) mass is 329 g/mol. The molecule has 0 heterocycles. The molecule has 0 unspecified atom stereocenters. The molecule has 0 bridgehead atoms. The van der Waals surface area contributed by atoms with Gasteiger partial charge in [0.05, 0.1) is 27.4 Å². The van der Waals surface area contributed by atoms with E-state index in [9.17, 15) is 4.39 Å². The first-order valence-corrected chi connectivity index (χ1v) is 6.49. The molecule has 3 nitrogen and oxygen atoms in total. The zero-order valence-corrected chi connectivity index (χ0v) is 12.1. The zero-order valence-electron chi connectivity index (χ0n) is 10.6. The lowest BCUT2D eigenvalue weighted by Crippen LogP contribution is -2.12. The highest BCUT2D eigenvalue weighted by molar-refractivity contribution is 9.10. The third-order valence-electron chi connectivity index (χ3n) is 2.91. The average molecular weight is 330 g/mol. The second-order valence-corrected chi connectivity index (χ2v) is 4.89. The number of rotatable bonds is 2. The molecular formula is C15H9BrFN3. The van der Waals surface area contributed by atoms with Crippen LogP contribution in [0.25, 0.3) is 0 Å². The fourth-order valence-corrected chi connectivity index (χ4v) is 2.23. The van der Waals surface area contributed by atoms with Crippen molar-refractivity contribution in [2.75, 3.05) is 11.9 Å². The summed E-state index contributed by atoms with van der Waals surface area (Å²) in [5, 5.41) is 17.8. The van der Waals surface area contributed by atoms with E-state index in [-0.39, 0.29) is 10.0 Å². The van der Waals surface area contributed by atoms with Crippen molar-refractivity contribution in [3.63, 3.8) is 0 Å². The molecule has 0 spiro atoms. The van der Waals surface area contributed by atoms with Gasteiger partial charge in [-0.1, -0.05) is 6.07 Å². The van der Waals surface area contributed by atoms with Crippen molar-refractivity contribution in [1.29, 1.82) is 10.5 Å². The van der Waals surface area contributed by atoms with Gasteiger partial charge in [-0.05, 0) is 46.3 Å². The van der Waals surface area contributed by atoms with E-state index in [1.54, 1.807) is 42.3 Å². The van der Waals surface area contributed by atoms with E-state index in [0.29, 0.717) is 16.9 Å². The van der Waals surface area contributed by atoms with Crippen LogP contribution in [0.1, 0.15) is 11.1 Å². The summed E-state index contributed by atoms with van der Waals surface area (Å²) >= 11 is 3.08. The van der Waals surface area contributed by atoms with Crippen molar-refractivity contribution < 1.29 is 4.39 Å². The highest BCUT2D eigenvalue weighted by Gasteiger charge is 2.15. The van der Waals surface area contributed by atoms with Gasteiger partial charge in [0.1, 0.15) is 6.07 Å². The van der Waals surface area contributed by atoms with Crippen molar-refractivity contribution in [2.24, 2.45) is 0 Å². The fourth-order valence-electron chi connectivity index (χ4n) is 1.81. The summed E-state index contributed by atoms with van der Waals surface area (Å²) in [5.74, 6) is -0.506. The highest BCUT2D eigenvalue weighted by Crippen LogP contribution is 2.32. The largest absolute Gasteiger partial charge is 0.342 e. The van der Waals surface area contributed by atoms with Crippen molar-refractivity contribution in [2.45, 2.75) is 0 Å². The second-order valence-electron chi connectivity index (χ2n) is 4.09. The third kappa shape index (κ3) is 2.49. The lowest BCUT2D eigenvalue weighted by atomic mass is 10.1. The molecule has 0 saturated heterocycles. The predicted octanol–water partition coefficient (Wildman–Crippen LogP) is 4.10. The van der Waals surface area contributed by atoms with Gasteiger partial charge in [0.15, 0.2) is 5.82 Å². The van der Waals surface area contributed by atoms with Crippen molar-refractivity contribution in [3.05, 3.63) is 57.8 Å². The molecule has 0 aliphatic rings. The van der Waals surface area contributed by atoms with Crippen LogP contribution >= 0.6 is 15.9 Å². The van der Waals surface area contributed by atoms with E-state index in [0.717, 1.165) is 0 Å². The number of nitriles is 2. The Morgan fingerprint density at radius 3 is 2.55 bits per heavy atom. The molecule has 0 N–H and O–H groups in total. The number of hydrogen-bond acceptors (Lipinski definition) is 3. The number of hydrogen-bond donors (Lipinski definition) is 0. The lowest BCUT2D eigenvalue weighted by molar-refractivity contribution is 0.620. The van der Waals surface area contributed by atoms with E-state index in [1.807, 2.05) is 12.1 Å². The molecule has 0 saturated carbocycles. The van der Waals surface area contributed by atoms with E-state index >= 15 is 0 Å². The topological polar surface area (TPSA) is 50.8 Å². The fraction of sp³-hybridized carbons (Fsp3) is 0.0667. The molecule has 98 valence electrons. The van der Waals surface area contributed by atoms with E-state index in [1.165, 1.54) is 6.07 Å². The van der Waals surface area contributed by atoms with Crippen molar-refractivity contribution in [1.82, 2.24) is 0 Å². The molecule has 0 amide bonds. The maximum atomic E-state index is 14.3. The van der Waals surface area contributed by atoms with Gasteiger partial charge in [0, 0.05) is 12.7 Å². The third-order valence-corrected chi connectivity index (χ3v) is 3.68. The van der Waals surface area contributed by atoms with Crippen LogP contribution in [-0.4, -0.2) is 7.05 Å². The Hall–Kier alpha value is -2.37. The van der Waals surface area contributed by atoms with Crippen LogP contribution in [0.5, 0.6) is 0 Å². The van der Waals surface area contributed by atoms with Gasteiger partial charge in [-0.3, -0.25) is 0 Å². The van der Waals surface area contributed by atoms with Gasteiger partial charge in [0.2, 0.25) is 0 Å². The van der Waals surface area contributed by atoms with Crippen LogP contribution in [0.15, 0.2) is 40.9 Å². The molecule has 2 rings (SSSR count). The highest BCUT2D eigenvalue weighted by atomic mass is 79.9. The molecule has 0 aliphatic carbocycles. The van der Waals surface area contributed by atoms with Crippen LogP contribution in [-0.2, 0) is 0 Å². The summed E-state index contributed by atoms with van der Waals surface area (Å²) in [6.07, 6.45) is 0. The summed E-state index contributed by atoms with van der Waals surface area (Å²) in [7, 11) is 1.70. The van der Waals surface area contributed by atoms with E-state index in [2.05, 4.69) is 15.9 Å². The number of nitrogens with zero attached hydrogens (tertiary/aromatic N) is 3. The van der Waals surface area contributed by atoms with Gasteiger partial charge in [-0.25, -0.2) is 4.39 Å². The van der Waals surface area contributed by atoms with Crippen molar-refractivity contribution in [3.8, 4) is 12.1 Å². The minimum Gasteiger partial charge on any atom is -0.342 e. The van der Waals surface area contributed by atoms with E-state index < -0.39 is 5.82 Å². The van der Waals surface area contributed by atoms with Crippen LogP contribution in [0.2, 0.25) is 0 Å². The molecule has 0 aromatic heterocycles. The van der Waals surface area contributed by atoms with Crippen LogP contribution in [0.4, 0.5) is 15.8 Å². The summed E-state index contributed by atoms with van der Waals surface area (Å²) in [6.45, 7) is 0. The summed E-state index contributed by atoms with van der Waals surface area (Å²) < 4.78 is 14.4. The Bertz CT molecular complexity index is 744. The lowest BCUT2D eigenvalue weighted by Gasteiger charge is -2.21. The minimum atomic E-state index is -0.506. The molecular weight excluding hydrogens is 321 g/mol. The first kappa shape index (κ1) is 14.0. The van der Waals surface area contributed by atoms with Gasteiger partial charge in [-0.15, -0.1) is 0 Å². The van der Waals surface area contributed by atoms with Gasteiger partial charge >= 0.3 is 0 Å². The molecule has 0 radical (unpaired) electrons. The summed E-state index contributed by atoms with van der Waals surface area (Å²) in [4.78, 5) is 1.63. The standard InChI is InChI=1S/C15H9BrFN3/c1-20(12-4-2-3-10(7-12)8-18)13-6-5-11(9-19)14(16)15(13)17/h2-7H,1H3. The first-order chi connectivity index (χ1) is 9.58. The Morgan fingerprint density at radius 2 is 1.90 bits per heavy atom. The SMILES string of the molecule is CN(c1cccc(C#N)c1)c1ccc(C#N)c(Br)c1F. The number of anilines is 2. The van der Waals surface area contributed by atoms with Gasteiger partial charge < -0.3 is 4.90 Å². The molecule has 0 fully saturated rings. The maximum Gasteiger partial charge on any atom is 0.162 e. The van der Waals surface area contributed by atoms with Crippen molar-refractivity contribution >= 4 is 27.3 Å². The number of halogens is 2. The summed E-state index contributed by atoms with van der Waals surface area (Å²) in [6, 6.07) is 13.9. The van der Waals surface area contributed by atoms with Crippen LogP contribution in [0.3, 0.4) is 0 Å². The van der Waals surface area contributed by atoms with Gasteiger partial charge in [0.25, 0.3) is 0 Å². The Labute approximate surface area is 124 Å². The zero-order chi connectivity index (χ0) is 14.7. The average Bonchev–Trinajstić information content (AvgIpc) is 2.49. The smallest absolute Gasteiger partial charge is 0.162 e. The van der Waals surface area contributed by atoms with Crippen LogP contribution < -0.4 is 4.90 Å². The molecule has 2 aromatic rings. The second kappa shape index (κ2) is 5.73. The molecule has 5 heteroatoms. The normalized spacial score (nSPS) is 9.65. The first-order valence-electron chi connectivity index (χ1n) is 5.70. The molecule has 2 aromatic carbocycles. The quantitative estimate of drug-likeness (QED) is 0.833. The Balaban J connectivity index is 2.49. The van der Waals surface area contributed by atoms with Gasteiger partial charge in [-0.2, -0.15) is 10.5 Å². The predicted molar refractivity (Wildman–Crippen MR) is 78.0 cm³/mol. The molecule has 0 atom stereocenters. The Morgan fingerprint density at radius 1 is 1.15 bits per heavy atom. The minimum absolute atomic E-state index is 0.140. The summed E-state index contributed by atoms with van der Waals surface area (Å²) in [5.41, 5.74) is 1.76. The number of benzene rings is 2.